The molecular weight excluding hydrogens is 349 g/mol. The molecule has 1 aromatic heterocycles. The molecule has 1 aliphatic carbocycles. The number of hydrogen-bond donors (Lipinski definition) is 1. The molecule has 3 rings (SSSR count). The van der Waals surface area contributed by atoms with E-state index in [1.54, 1.807) is 36.8 Å². The fraction of sp³-hybridized carbons (Fsp3) is 0.438. The lowest BCUT2D eigenvalue weighted by Crippen LogP contribution is -2.07. The van der Waals surface area contributed by atoms with Crippen molar-refractivity contribution in [1.29, 1.82) is 0 Å². The summed E-state index contributed by atoms with van der Waals surface area (Å²) in [7, 11) is -3.29. The van der Waals surface area contributed by atoms with E-state index in [-0.39, 0.29) is 13.0 Å². The molecule has 0 amide bonds. The number of nitrogens with zero attached hydrogens (tertiary/aromatic N) is 1. The number of rotatable bonds is 8. The van der Waals surface area contributed by atoms with Crippen molar-refractivity contribution in [3.05, 3.63) is 33.6 Å². The number of benzene rings is 1. The quantitative estimate of drug-likeness (QED) is 0.609. The normalized spacial score (nSPS) is 13.0. The van der Waals surface area contributed by atoms with Crippen LogP contribution in [0.25, 0.3) is 11.3 Å². The Morgan fingerprint density at radius 1 is 1.29 bits per heavy atom. The zero-order valence-corrected chi connectivity index (χ0v) is 15.4. The molecule has 0 bridgehead atoms. The van der Waals surface area contributed by atoms with Gasteiger partial charge in [-0.3, -0.25) is 4.57 Å². The molecule has 1 aliphatic rings. The second-order valence-electron chi connectivity index (χ2n) is 5.26. The summed E-state index contributed by atoms with van der Waals surface area (Å²) in [6, 6.07) is 3.61. The van der Waals surface area contributed by atoms with E-state index in [2.05, 4.69) is 4.98 Å². The molecule has 0 aliphatic heterocycles. The summed E-state index contributed by atoms with van der Waals surface area (Å²) in [5.41, 5.74) is 5.43. The van der Waals surface area contributed by atoms with E-state index < -0.39 is 7.60 Å². The van der Waals surface area contributed by atoms with Crippen molar-refractivity contribution in [2.24, 2.45) is 0 Å². The Hall–Kier alpha value is -1.24. The van der Waals surface area contributed by atoms with Crippen LogP contribution in [0.5, 0.6) is 5.75 Å². The van der Waals surface area contributed by atoms with Gasteiger partial charge in [0, 0.05) is 16.9 Å². The zero-order chi connectivity index (χ0) is 17.2. The van der Waals surface area contributed by atoms with Crippen molar-refractivity contribution in [1.82, 2.24) is 4.98 Å². The summed E-state index contributed by atoms with van der Waals surface area (Å²) in [4.78, 5) is 5.56. The van der Waals surface area contributed by atoms with Gasteiger partial charge in [0.15, 0.2) is 6.35 Å². The van der Waals surface area contributed by atoms with Crippen molar-refractivity contribution in [3.8, 4) is 17.0 Å². The molecule has 0 saturated carbocycles. The average Bonchev–Trinajstić information content (AvgIpc) is 3.14. The fourth-order valence-corrected chi connectivity index (χ4v) is 4.90. The molecule has 1 heterocycles. The van der Waals surface area contributed by atoms with Crippen LogP contribution in [-0.2, 0) is 26.6 Å². The molecule has 0 spiro atoms. The van der Waals surface area contributed by atoms with E-state index in [0.29, 0.717) is 19.0 Å². The van der Waals surface area contributed by atoms with E-state index in [1.807, 2.05) is 6.07 Å². The van der Waals surface area contributed by atoms with E-state index in [4.69, 9.17) is 13.8 Å². The Labute approximate surface area is 144 Å². The Bertz CT molecular complexity index is 766. The molecule has 0 saturated heterocycles. The minimum absolute atomic E-state index is 0.0338. The van der Waals surface area contributed by atoms with Gasteiger partial charge in [0.2, 0.25) is 0 Å². The van der Waals surface area contributed by atoms with Gasteiger partial charge in [0.25, 0.3) is 0 Å². The standard InChI is InChI=1S/C16H20NO5PS/c1-3-21-23(19,22-4-2)10-20-13-6-5-11(8-18)12-7-14-16(15(12)13)17-9-24-14/h5-6,9,18H,3-4,7-8,10H2,1-2H3. The maximum atomic E-state index is 12.6. The van der Waals surface area contributed by atoms with Crippen LogP contribution in [0, 0.1) is 0 Å². The molecule has 8 heteroatoms. The molecule has 1 N–H and O–H groups in total. The van der Waals surface area contributed by atoms with Crippen LogP contribution in [-0.4, -0.2) is 29.7 Å². The number of ether oxygens (including phenoxy) is 1. The molecule has 0 radical (unpaired) electrons. The second-order valence-corrected chi connectivity index (χ2v) is 8.19. The Balaban J connectivity index is 1.91. The van der Waals surface area contributed by atoms with Gasteiger partial charge in [-0.15, -0.1) is 11.3 Å². The highest BCUT2D eigenvalue weighted by Gasteiger charge is 2.30. The first-order chi connectivity index (χ1) is 11.6. The summed E-state index contributed by atoms with van der Waals surface area (Å²) < 4.78 is 28.9. The first-order valence-corrected chi connectivity index (χ1v) is 10.4. The summed E-state index contributed by atoms with van der Waals surface area (Å²) in [6.07, 6.45) is 0.579. The van der Waals surface area contributed by atoms with Crippen LogP contribution < -0.4 is 4.74 Å². The van der Waals surface area contributed by atoms with Gasteiger partial charge in [-0.25, -0.2) is 4.98 Å². The SMILES string of the molecule is CCOP(=O)(COc1ccc(CO)c2c1-c1ncsc1C2)OCC. The van der Waals surface area contributed by atoms with Crippen LogP contribution in [0.1, 0.15) is 29.9 Å². The van der Waals surface area contributed by atoms with E-state index in [0.717, 1.165) is 33.7 Å². The van der Waals surface area contributed by atoms with E-state index in [1.165, 1.54) is 0 Å². The molecule has 0 fully saturated rings. The predicted molar refractivity (Wildman–Crippen MR) is 92.6 cm³/mol. The van der Waals surface area contributed by atoms with Crippen LogP contribution in [0.2, 0.25) is 0 Å². The van der Waals surface area contributed by atoms with E-state index >= 15 is 0 Å². The largest absolute Gasteiger partial charge is 0.480 e. The van der Waals surface area contributed by atoms with Crippen molar-refractivity contribution in [2.45, 2.75) is 26.9 Å². The number of thiazole rings is 1. The summed E-state index contributed by atoms with van der Waals surface area (Å²) in [5.74, 6) is 0.589. The lowest BCUT2D eigenvalue weighted by atomic mass is 10.0. The lowest BCUT2D eigenvalue weighted by Gasteiger charge is -2.19. The molecule has 24 heavy (non-hydrogen) atoms. The summed E-state index contributed by atoms with van der Waals surface area (Å²) in [6.45, 7) is 4.08. The van der Waals surface area contributed by atoms with Gasteiger partial charge in [0.1, 0.15) is 5.75 Å². The van der Waals surface area contributed by atoms with Gasteiger partial charge in [-0.2, -0.15) is 0 Å². The Kier molecular flexibility index (Phi) is 5.37. The second kappa shape index (κ2) is 7.33. The number of aliphatic hydroxyl groups is 1. The van der Waals surface area contributed by atoms with Crippen LogP contribution in [0.15, 0.2) is 17.6 Å². The minimum atomic E-state index is -3.29. The first kappa shape index (κ1) is 17.6. The molecular formula is C16H20NO5PS. The van der Waals surface area contributed by atoms with Gasteiger partial charge < -0.3 is 18.9 Å². The van der Waals surface area contributed by atoms with Crippen LogP contribution >= 0.6 is 18.9 Å². The third kappa shape index (κ3) is 3.27. The third-order valence-corrected chi connectivity index (χ3v) is 6.37. The summed E-state index contributed by atoms with van der Waals surface area (Å²) in [5, 5.41) is 9.57. The molecule has 0 unspecified atom stereocenters. The predicted octanol–water partition coefficient (Wildman–Crippen LogP) is 3.81. The highest BCUT2D eigenvalue weighted by Crippen LogP contribution is 2.50. The number of aliphatic hydroxyl groups excluding tert-OH is 1. The number of aromatic nitrogens is 1. The number of fused-ring (bicyclic) bond motifs is 3. The topological polar surface area (TPSA) is 77.9 Å². The van der Waals surface area contributed by atoms with Crippen LogP contribution in [0.3, 0.4) is 0 Å². The summed E-state index contributed by atoms with van der Waals surface area (Å²) >= 11 is 1.58. The Morgan fingerprint density at radius 2 is 2.04 bits per heavy atom. The molecule has 2 aromatic rings. The van der Waals surface area contributed by atoms with Crippen molar-refractivity contribution < 1.29 is 23.5 Å². The van der Waals surface area contributed by atoms with E-state index in [9.17, 15) is 9.67 Å². The molecule has 1 aromatic carbocycles. The van der Waals surface area contributed by atoms with Crippen LogP contribution in [0.4, 0.5) is 0 Å². The van der Waals surface area contributed by atoms with Gasteiger partial charge in [0.05, 0.1) is 31.0 Å². The molecule has 0 atom stereocenters. The van der Waals surface area contributed by atoms with Crippen molar-refractivity contribution in [2.75, 3.05) is 19.6 Å². The highest BCUT2D eigenvalue weighted by molar-refractivity contribution is 7.53. The lowest BCUT2D eigenvalue weighted by molar-refractivity contribution is 0.197. The maximum absolute atomic E-state index is 12.6. The minimum Gasteiger partial charge on any atom is -0.480 e. The monoisotopic (exact) mass is 369 g/mol. The number of hydrogen-bond acceptors (Lipinski definition) is 7. The zero-order valence-electron chi connectivity index (χ0n) is 13.7. The first-order valence-electron chi connectivity index (χ1n) is 7.81. The fourth-order valence-electron chi connectivity index (χ4n) is 2.81. The maximum Gasteiger partial charge on any atom is 0.367 e. The van der Waals surface area contributed by atoms with Gasteiger partial charge in [-0.1, -0.05) is 6.07 Å². The molecule has 6 nitrogen and oxygen atoms in total. The van der Waals surface area contributed by atoms with Crippen molar-refractivity contribution in [3.63, 3.8) is 0 Å². The third-order valence-electron chi connectivity index (χ3n) is 3.79. The van der Waals surface area contributed by atoms with Crippen molar-refractivity contribution >= 4 is 18.9 Å². The smallest absolute Gasteiger partial charge is 0.367 e. The Morgan fingerprint density at radius 3 is 2.71 bits per heavy atom. The van der Waals surface area contributed by atoms with Gasteiger partial charge >= 0.3 is 7.60 Å². The highest BCUT2D eigenvalue weighted by atomic mass is 32.1. The van der Waals surface area contributed by atoms with Gasteiger partial charge in [-0.05, 0) is 31.0 Å². The average molecular weight is 369 g/mol. The molecule has 130 valence electrons.